The topological polar surface area (TPSA) is 104 Å². The van der Waals surface area contributed by atoms with Gasteiger partial charge in [0.05, 0.1) is 23.4 Å². The molecule has 1 saturated heterocycles. The number of hydrogen-bond donors (Lipinski definition) is 2. The Morgan fingerprint density at radius 3 is 2.85 bits per heavy atom. The van der Waals surface area contributed by atoms with Crippen LogP contribution in [0.3, 0.4) is 0 Å². The van der Waals surface area contributed by atoms with Gasteiger partial charge in [0.15, 0.2) is 5.65 Å². The van der Waals surface area contributed by atoms with Crippen LogP contribution in [-0.4, -0.2) is 44.2 Å². The molecule has 8 heteroatoms. The molecule has 1 aromatic carbocycles. The number of nitrogens with one attached hydrogen (secondary N) is 1. The molecule has 1 aliphatic heterocycles. The molecule has 1 unspecified atom stereocenters. The minimum absolute atomic E-state index is 0.135. The fraction of sp³-hybridized carbons (Fsp3) is 0.200. The van der Waals surface area contributed by atoms with E-state index >= 15 is 0 Å². The van der Waals surface area contributed by atoms with E-state index in [4.69, 9.17) is 15.5 Å². The Balaban J connectivity index is 1.63. The number of aromatic nitrogens is 5. The summed E-state index contributed by atoms with van der Waals surface area (Å²) >= 11 is 0. The summed E-state index contributed by atoms with van der Waals surface area (Å²) in [5.41, 5.74) is 12.6. The molecule has 4 aromatic heterocycles. The number of pyridine rings is 2. The highest BCUT2D eigenvalue weighted by molar-refractivity contribution is 6.07. The molecule has 5 aromatic rings. The average Bonchev–Trinajstić information content (AvgIpc) is 3.20. The van der Waals surface area contributed by atoms with Crippen LogP contribution in [0.5, 0.6) is 0 Å². The first-order valence-corrected chi connectivity index (χ1v) is 10.9. The largest absolute Gasteiger partial charge is 0.383 e. The van der Waals surface area contributed by atoms with Crippen molar-refractivity contribution in [3.8, 4) is 22.4 Å². The second kappa shape index (κ2) is 7.91. The van der Waals surface area contributed by atoms with Gasteiger partial charge < -0.3 is 20.4 Å². The number of nitrogen functional groups attached to an aromatic ring is 1. The summed E-state index contributed by atoms with van der Waals surface area (Å²) in [7, 11) is 2.04. The molecule has 0 saturated carbocycles. The Labute approximate surface area is 190 Å². The number of nitrogens with zero attached hydrogens (tertiary/aromatic N) is 5. The number of nitrogens with two attached hydrogens (primary N) is 1. The lowest BCUT2D eigenvalue weighted by atomic mass is 9.97. The lowest BCUT2D eigenvalue weighted by Crippen LogP contribution is -2.34. The summed E-state index contributed by atoms with van der Waals surface area (Å²) in [6.45, 7) is 2.20. The van der Waals surface area contributed by atoms with Crippen molar-refractivity contribution in [2.75, 3.05) is 25.4 Å². The van der Waals surface area contributed by atoms with Gasteiger partial charge in [-0.15, -0.1) is 0 Å². The molecule has 0 amide bonds. The van der Waals surface area contributed by atoms with E-state index in [-0.39, 0.29) is 6.10 Å². The van der Waals surface area contributed by atoms with Gasteiger partial charge in [0.1, 0.15) is 18.2 Å². The van der Waals surface area contributed by atoms with Gasteiger partial charge in [-0.3, -0.25) is 4.98 Å². The molecule has 0 bridgehead atoms. The predicted octanol–water partition coefficient (Wildman–Crippen LogP) is 3.49. The maximum absolute atomic E-state index is 6.34. The molecule has 0 spiro atoms. The molecule has 5 heterocycles. The number of benzene rings is 1. The van der Waals surface area contributed by atoms with Gasteiger partial charge in [-0.05, 0) is 24.3 Å². The minimum Gasteiger partial charge on any atom is -0.383 e. The first kappa shape index (κ1) is 19.8. The third-order valence-corrected chi connectivity index (χ3v) is 6.17. The number of rotatable bonds is 3. The number of aryl methyl sites for hydroxylation is 1. The van der Waals surface area contributed by atoms with E-state index in [2.05, 4.69) is 49.2 Å². The van der Waals surface area contributed by atoms with Crippen molar-refractivity contribution in [2.45, 2.75) is 6.10 Å². The van der Waals surface area contributed by atoms with Crippen LogP contribution in [0.15, 0.2) is 61.2 Å². The Morgan fingerprint density at radius 2 is 1.97 bits per heavy atom. The van der Waals surface area contributed by atoms with Crippen LogP contribution in [0.1, 0.15) is 11.8 Å². The van der Waals surface area contributed by atoms with Crippen molar-refractivity contribution in [2.24, 2.45) is 7.05 Å². The summed E-state index contributed by atoms with van der Waals surface area (Å²) in [4.78, 5) is 18.3. The molecule has 1 atom stereocenters. The zero-order valence-corrected chi connectivity index (χ0v) is 18.2. The van der Waals surface area contributed by atoms with Crippen LogP contribution >= 0.6 is 0 Å². The quantitative estimate of drug-likeness (QED) is 0.445. The molecule has 3 N–H and O–H groups in total. The fourth-order valence-corrected chi connectivity index (χ4v) is 4.63. The SMILES string of the molecule is Cn1cc(-c2cc(-c3cccnc3C3CNCCO3)nc3ncnc(N)c23)c2ccccc21. The number of morpholine rings is 1. The average molecular weight is 438 g/mol. The van der Waals surface area contributed by atoms with Crippen LogP contribution < -0.4 is 11.1 Å². The summed E-state index contributed by atoms with van der Waals surface area (Å²) in [6.07, 6.45) is 5.24. The molecule has 1 aliphatic rings. The highest BCUT2D eigenvalue weighted by Gasteiger charge is 2.23. The lowest BCUT2D eigenvalue weighted by molar-refractivity contribution is 0.0254. The van der Waals surface area contributed by atoms with E-state index in [1.807, 2.05) is 31.3 Å². The molecule has 33 heavy (non-hydrogen) atoms. The first-order chi connectivity index (χ1) is 16.2. The molecular formula is C25H23N7O. The summed E-state index contributed by atoms with van der Waals surface area (Å²) in [5, 5.41) is 5.26. The molecule has 0 aliphatic carbocycles. The maximum Gasteiger partial charge on any atom is 0.165 e. The third kappa shape index (κ3) is 3.31. The number of ether oxygens (including phenoxy) is 1. The second-order valence-corrected chi connectivity index (χ2v) is 8.18. The van der Waals surface area contributed by atoms with Gasteiger partial charge in [-0.2, -0.15) is 0 Å². The number of fused-ring (bicyclic) bond motifs is 2. The van der Waals surface area contributed by atoms with Gasteiger partial charge >= 0.3 is 0 Å². The van der Waals surface area contributed by atoms with E-state index in [1.165, 1.54) is 6.33 Å². The number of hydrogen-bond acceptors (Lipinski definition) is 7. The Hall–Kier alpha value is -3.88. The van der Waals surface area contributed by atoms with E-state index in [1.54, 1.807) is 6.20 Å². The summed E-state index contributed by atoms with van der Waals surface area (Å²) < 4.78 is 8.13. The highest BCUT2D eigenvalue weighted by atomic mass is 16.5. The van der Waals surface area contributed by atoms with Gasteiger partial charge in [0.2, 0.25) is 0 Å². The van der Waals surface area contributed by atoms with Crippen molar-refractivity contribution in [1.29, 1.82) is 0 Å². The minimum atomic E-state index is -0.135. The van der Waals surface area contributed by atoms with Crippen LogP contribution in [0.25, 0.3) is 44.3 Å². The van der Waals surface area contributed by atoms with E-state index < -0.39 is 0 Å². The van der Waals surface area contributed by atoms with E-state index in [0.29, 0.717) is 24.6 Å². The normalized spacial score (nSPS) is 16.5. The fourth-order valence-electron chi connectivity index (χ4n) is 4.63. The summed E-state index contributed by atoms with van der Waals surface area (Å²) in [5.74, 6) is 0.410. The van der Waals surface area contributed by atoms with Crippen molar-refractivity contribution in [3.63, 3.8) is 0 Å². The van der Waals surface area contributed by atoms with Gasteiger partial charge in [0.25, 0.3) is 0 Å². The van der Waals surface area contributed by atoms with E-state index in [9.17, 15) is 0 Å². The number of para-hydroxylation sites is 1. The maximum atomic E-state index is 6.34. The van der Waals surface area contributed by atoms with E-state index in [0.717, 1.165) is 50.9 Å². The van der Waals surface area contributed by atoms with Crippen molar-refractivity contribution in [3.05, 3.63) is 66.9 Å². The van der Waals surface area contributed by atoms with Crippen molar-refractivity contribution < 1.29 is 4.74 Å². The van der Waals surface area contributed by atoms with Crippen molar-refractivity contribution in [1.82, 2.24) is 29.8 Å². The van der Waals surface area contributed by atoms with Crippen LogP contribution in [0.4, 0.5) is 5.82 Å². The zero-order chi connectivity index (χ0) is 22.4. The second-order valence-electron chi connectivity index (χ2n) is 8.18. The molecule has 6 rings (SSSR count). The van der Waals surface area contributed by atoms with Crippen molar-refractivity contribution >= 4 is 27.8 Å². The molecule has 1 fully saturated rings. The van der Waals surface area contributed by atoms with Gasteiger partial charge in [0, 0.05) is 60.1 Å². The molecule has 164 valence electrons. The molecule has 8 nitrogen and oxygen atoms in total. The van der Waals surface area contributed by atoms with Crippen LogP contribution in [0, 0.1) is 0 Å². The van der Waals surface area contributed by atoms with Gasteiger partial charge in [-0.25, -0.2) is 15.0 Å². The standard InChI is InChI=1S/C25H23N7O/c1-32-13-18(15-5-2-3-7-20(15)32)17-11-19(31-25-22(17)24(26)29-14-30-25)16-6-4-8-28-23(16)21-12-27-9-10-33-21/h2-8,11,13-14,21,27H,9-10,12H2,1H3,(H2,26,29,30,31). The first-order valence-electron chi connectivity index (χ1n) is 10.9. The van der Waals surface area contributed by atoms with Crippen LogP contribution in [-0.2, 0) is 11.8 Å². The highest BCUT2D eigenvalue weighted by Crippen LogP contribution is 2.39. The number of anilines is 1. The van der Waals surface area contributed by atoms with Gasteiger partial charge in [-0.1, -0.05) is 18.2 Å². The predicted molar refractivity (Wildman–Crippen MR) is 128 cm³/mol. The van der Waals surface area contributed by atoms with Crippen LogP contribution in [0.2, 0.25) is 0 Å². The molecular weight excluding hydrogens is 414 g/mol. The Bertz CT molecular complexity index is 1490. The monoisotopic (exact) mass is 437 g/mol. The smallest absolute Gasteiger partial charge is 0.165 e. The lowest BCUT2D eigenvalue weighted by Gasteiger charge is -2.24. The summed E-state index contributed by atoms with van der Waals surface area (Å²) in [6, 6.07) is 14.3. The Kier molecular flexibility index (Phi) is 4.74. The Morgan fingerprint density at radius 1 is 1.06 bits per heavy atom. The molecule has 0 radical (unpaired) electrons. The third-order valence-electron chi connectivity index (χ3n) is 6.17. The zero-order valence-electron chi connectivity index (χ0n) is 18.2.